The third-order valence-corrected chi connectivity index (χ3v) is 2.47. The van der Waals surface area contributed by atoms with E-state index in [1.807, 2.05) is 5.43 Å². The summed E-state index contributed by atoms with van der Waals surface area (Å²) in [5.41, 5.74) is 0.991. The maximum absolute atomic E-state index is 12.5. The molecule has 21 heavy (non-hydrogen) atoms. The third kappa shape index (κ3) is 3.72. The van der Waals surface area contributed by atoms with E-state index in [0.29, 0.717) is 0 Å². The molecule has 0 saturated heterocycles. The number of ether oxygens (including phenoxy) is 1. The van der Waals surface area contributed by atoms with Crippen LogP contribution in [-0.2, 0) is 12.8 Å². The number of hydrogen-bond acceptors (Lipinski definition) is 5. The Labute approximate surface area is 116 Å². The number of nitrogens with one attached hydrogen (secondary N) is 1. The molecule has 0 fully saturated rings. The molecular weight excluding hydrogens is 291 g/mol. The number of halogens is 3. The maximum atomic E-state index is 12.5. The second kappa shape index (κ2) is 5.83. The zero-order chi connectivity index (χ0) is 15.5. The van der Waals surface area contributed by atoms with Crippen LogP contribution in [0.2, 0.25) is 0 Å². The van der Waals surface area contributed by atoms with Gasteiger partial charge in [-0.2, -0.15) is 13.2 Å². The predicted molar refractivity (Wildman–Crippen MR) is 63.9 cm³/mol. The van der Waals surface area contributed by atoms with Crippen molar-refractivity contribution in [3.63, 3.8) is 0 Å². The minimum absolute atomic E-state index is 0.0195. The lowest BCUT2D eigenvalue weighted by atomic mass is 10.2. The van der Waals surface area contributed by atoms with E-state index in [2.05, 4.69) is 5.16 Å². The van der Waals surface area contributed by atoms with E-state index in [1.54, 1.807) is 0 Å². The van der Waals surface area contributed by atoms with Crippen LogP contribution in [0.25, 0.3) is 0 Å². The molecule has 0 unspecified atom stereocenters. The molecule has 0 spiro atoms. The lowest BCUT2D eigenvalue weighted by Crippen LogP contribution is -2.30. The molecule has 0 aliphatic carbocycles. The third-order valence-electron chi connectivity index (χ3n) is 2.47. The topological polar surface area (TPSA) is 90.4 Å². The molecule has 112 valence electrons. The van der Waals surface area contributed by atoms with Gasteiger partial charge in [0.05, 0.1) is 5.56 Å². The number of aromatic nitrogens is 1. The van der Waals surface area contributed by atoms with Crippen molar-refractivity contribution in [2.24, 2.45) is 5.84 Å². The van der Waals surface area contributed by atoms with Crippen molar-refractivity contribution in [1.29, 1.82) is 0 Å². The molecule has 6 nitrogen and oxygen atoms in total. The second-order valence-corrected chi connectivity index (χ2v) is 3.97. The largest absolute Gasteiger partial charge is 0.486 e. The highest BCUT2D eigenvalue weighted by Crippen LogP contribution is 2.31. The van der Waals surface area contributed by atoms with Crippen LogP contribution in [0.1, 0.15) is 21.8 Å². The molecule has 3 N–H and O–H groups in total. The Morgan fingerprint density at radius 1 is 1.38 bits per heavy atom. The number of nitrogens with zero attached hydrogens (tertiary/aromatic N) is 1. The van der Waals surface area contributed by atoms with E-state index in [4.69, 9.17) is 15.1 Å². The van der Waals surface area contributed by atoms with Crippen LogP contribution in [0.5, 0.6) is 5.75 Å². The Morgan fingerprint density at radius 3 is 2.81 bits per heavy atom. The first-order valence-corrected chi connectivity index (χ1v) is 5.67. The number of benzene rings is 1. The summed E-state index contributed by atoms with van der Waals surface area (Å²) < 4.78 is 47.5. The van der Waals surface area contributed by atoms with E-state index in [-0.39, 0.29) is 23.8 Å². The van der Waals surface area contributed by atoms with Crippen molar-refractivity contribution in [2.45, 2.75) is 12.8 Å². The van der Waals surface area contributed by atoms with Crippen LogP contribution in [0.4, 0.5) is 13.2 Å². The number of nitrogen functional groups attached to an aromatic ring is 1. The Morgan fingerprint density at radius 2 is 2.14 bits per heavy atom. The molecule has 2 aromatic rings. The summed E-state index contributed by atoms with van der Waals surface area (Å²) in [5.74, 6) is 4.46. The van der Waals surface area contributed by atoms with Crippen molar-refractivity contribution in [2.75, 3.05) is 0 Å². The van der Waals surface area contributed by atoms with Crippen molar-refractivity contribution in [3.8, 4) is 5.75 Å². The van der Waals surface area contributed by atoms with Gasteiger partial charge in [-0.3, -0.25) is 10.2 Å². The number of nitrogens with two attached hydrogens (primary N) is 1. The molecule has 0 atom stereocenters. The standard InChI is InChI=1S/C12H10F3N3O3/c13-12(14,15)7-2-1-3-8(4-7)20-6-9-5-10(18-21-9)11(19)17-16/h1-5H,6,16H2,(H,17,19). The van der Waals surface area contributed by atoms with Crippen molar-refractivity contribution < 1.29 is 27.2 Å². The van der Waals surface area contributed by atoms with Gasteiger partial charge >= 0.3 is 6.18 Å². The van der Waals surface area contributed by atoms with Gasteiger partial charge in [0.1, 0.15) is 12.4 Å². The van der Waals surface area contributed by atoms with Gasteiger partial charge in [-0.05, 0) is 18.2 Å². The van der Waals surface area contributed by atoms with Crippen molar-refractivity contribution in [1.82, 2.24) is 10.6 Å². The van der Waals surface area contributed by atoms with Crippen LogP contribution in [0.15, 0.2) is 34.9 Å². The molecule has 2 rings (SSSR count). The lowest BCUT2D eigenvalue weighted by molar-refractivity contribution is -0.137. The zero-order valence-corrected chi connectivity index (χ0v) is 10.5. The second-order valence-electron chi connectivity index (χ2n) is 3.97. The van der Waals surface area contributed by atoms with Gasteiger partial charge in [-0.1, -0.05) is 11.2 Å². The summed E-state index contributed by atoms with van der Waals surface area (Å²) in [4.78, 5) is 11.1. The lowest BCUT2D eigenvalue weighted by Gasteiger charge is -2.09. The summed E-state index contributed by atoms with van der Waals surface area (Å²) >= 11 is 0. The summed E-state index contributed by atoms with van der Waals surface area (Å²) in [5, 5.41) is 3.43. The van der Waals surface area contributed by atoms with E-state index in [1.165, 1.54) is 18.2 Å². The number of hydrogen-bond donors (Lipinski definition) is 2. The smallest absolute Gasteiger partial charge is 0.416 e. The van der Waals surface area contributed by atoms with Crippen LogP contribution in [-0.4, -0.2) is 11.1 Å². The Hall–Kier alpha value is -2.55. The molecular formula is C12H10F3N3O3. The van der Waals surface area contributed by atoms with E-state index < -0.39 is 17.6 Å². The fourth-order valence-corrected chi connectivity index (χ4v) is 1.48. The van der Waals surface area contributed by atoms with Gasteiger partial charge in [0.2, 0.25) is 0 Å². The molecule has 0 saturated carbocycles. The van der Waals surface area contributed by atoms with E-state index >= 15 is 0 Å². The summed E-state index contributed by atoms with van der Waals surface area (Å²) in [6.07, 6.45) is -4.45. The van der Waals surface area contributed by atoms with Gasteiger partial charge in [0.25, 0.3) is 5.91 Å². The molecule has 0 radical (unpaired) electrons. The van der Waals surface area contributed by atoms with E-state index in [0.717, 1.165) is 12.1 Å². The van der Waals surface area contributed by atoms with Gasteiger partial charge in [-0.15, -0.1) is 0 Å². The average molecular weight is 301 g/mol. The zero-order valence-electron chi connectivity index (χ0n) is 10.5. The minimum atomic E-state index is -4.45. The van der Waals surface area contributed by atoms with Crippen LogP contribution < -0.4 is 16.0 Å². The Balaban J connectivity index is 2.03. The van der Waals surface area contributed by atoms with Gasteiger partial charge < -0.3 is 9.26 Å². The monoisotopic (exact) mass is 301 g/mol. The molecule has 9 heteroatoms. The van der Waals surface area contributed by atoms with Crippen molar-refractivity contribution >= 4 is 5.91 Å². The molecule has 0 aliphatic rings. The van der Waals surface area contributed by atoms with Gasteiger partial charge in [0.15, 0.2) is 11.5 Å². The Bertz CT molecular complexity index is 640. The summed E-state index contributed by atoms with van der Waals surface area (Å²) in [7, 11) is 0. The number of carbonyl (C=O) groups is 1. The number of alkyl halides is 3. The number of carbonyl (C=O) groups excluding carboxylic acids is 1. The fraction of sp³-hybridized carbons (Fsp3) is 0.167. The molecule has 0 aliphatic heterocycles. The predicted octanol–water partition coefficient (Wildman–Crippen LogP) is 1.88. The number of amides is 1. The summed E-state index contributed by atoms with van der Waals surface area (Å²) in [6.45, 7) is -0.174. The fourth-order valence-electron chi connectivity index (χ4n) is 1.48. The molecule has 1 aromatic heterocycles. The van der Waals surface area contributed by atoms with Gasteiger partial charge in [-0.25, -0.2) is 5.84 Å². The molecule has 1 amide bonds. The highest BCUT2D eigenvalue weighted by Gasteiger charge is 2.30. The van der Waals surface area contributed by atoms with Crippen molar-refractivity contribution in [3.05, 3.63) is 47.3 Å². The summed E-state index contributed by atoms with van der Waals surface area (Å²) in [6, 6.07) is 5.68. The highest BCUT2D eigenvalue weighted by atomic mass is 19.4. The number of hydrazine groups is 1. The minimum Gasteiger partial charge on any atom is -0.486 e. The highest BCUT2D eigenvalue weighted by molar-refractivity contribution is 5.91. The first-order valence-electron chi connectivity index (χ1n) is 5.67. The van der Waals surface area contributed by atoms with E-state index in [9.17, 15) is 18.0 Å². The molecule has 1 heterocycles. The molecule has 0 bridgehead atoms. The normalized spacial score (nSPS) is 11.2. The first-order chi connectivity index (χ1) is 9.90. The Kier molecular flexibility index (Phi) is 4.13. The maximum Gasteiger partial charge on any atom is 0.416 e. The van der Waals surface area contributed by atoms with Crippen LogP contribution in [0.3, 0.4) is 0 Å². The molecule has 1 aromatic carbocycles. The quantitative estimate of drug-likeness (QED) is 0.511. The van der Waals surface area contributed by atoms with Crippen LogP contribution >= 0.6 is 0 Å². The average Bonchev–Trinajstić information content (AvgIpc) is 2.92. The van der Waals surface area contributed by atoms with Crippen LogP contribution in [0, 0.1) is 0 Å². The first kappa shape index (κ1) is 14.9. The SMILES string of the molecule is NNC(=O)c1cc(COc2cccc(C(F)(F)F)c2)on1. The van der Waals surface area contributed by atoms with Gasteiger partial charge in [0, 0.05) is 6.07 Å². The number of rotatable bonds is 4.